The Morgan fingerprint density at radius 3 is 2.56 bits per heavy atom. The van der Waals surface area contributed by atoms with Crippen molar-refractivity contribution >= 4 is 5.69 Å². The molecule has 0 aromatic heterocycles. The Morgan fingerprint density at radius 1 is 1.00 bits per heavy atom. The summed E-state index contributed by atoms with van der Waals surface area (Å²) in [5.74, 6) is 0.670. The fraction of sp³-hybridized carbons (Fsp3) is 0.760. The van der Waals surface area contributed by atoms with Gasteiger partial charge in [-0.25, -0.2) is 0 Å². The van der Waals surface area contributed by atoms with Crippen LogP contribution in [0.4, 0.5) is 5.69 Å². The van der Waals surface area contributed by atoms with E-state index in [0.29, 0.717) is 16.7 Å². The summed E-state index contributed by atoms with van der Waals surface area (Å²) in [6.07, 6.45) is 13.0. The average Bonchev–Trinajstić information content (AvgIpc) is 2.83. The molecule has 2 heteroatoms. The fourth-order valence-corrected chi connectivity index (χ4v) is 6.09. The number of likely N-dealkylation sites (tertiary alicyclic amines) is 1. The first-order chi connectivity index (χ1) is 13.0. The minimum atomic E-state index is 0.339. The lowest BCUT2D eigenvalue weighted by Gasteiger charge is -2.37. The summed E-state index contributed by atoms with van der Waals surface area (Å²) >= 11 is 0. The molecule has 2 aliphatic heterocycles. The van der Waals surface area contributed by atoms with Crippen LogP contribution in [-0.2, 0) is 6.54 Å². The number of anilines is 1. The van der Waals surface area contributed by atoms with Crippen molar-refractivity contribution in [2.24, 2.45) is 10.8 Å². The second-order valence-electron chi connectivity index (χ2n) is 10.7. The smallest absolute Gasteiger partial charge is 0.0375 e. The van der Waals surface area contributed by atoms with Crippen LogP contribution < -0.4 is 5.32 Å². The minimum absolute atomic E-state index is 0.339. The summed E-state index contributed by atoms with van der Waals surface area (Å²) in [4.78, 5) is 2.74. The molecule has 1 atom stereocenters. The van der Waals surface area contributed by atoms with Gasteiger partial charge in [0.15, 0.2) is 0 Å². The van der Waals surface area contributed by atoms with Gasteiger partial charge in [-0.05, 0) is 85.6 Å². The zero-order valence-corrected chi connectivity index (χ0v) is 17.9. The molecule has 1 spiro atoms. The summed E-state index contributed by atoms with van der Waals surface area (Å²) in [6.45, 7) is 12.0. The third kappa shape index (κ3) is 4.36. The molecule has 27 heavy (non-hydrogen) atoms. The number of fused-ring (bicyclic) bond motifs is 1. The molecule has 2 heterocycles. The number of benzene rings is 1. The quantitative estimate of drug-likeness (QED) is 0.635. The van der Waals surface area contributed by atoms with Gasteiger partial charge in [0.2, 0.25) is 0 Å². The van der Waals surface area contributed by atoms with Gasteiger partial charge in [0, 0.05) is 18.8 Å². The Kier molecular flexibility index (Phi) is 5.56. The van der Waals surface area contributed by atoms with Gasteiger partial charge >= 0.3 is 0 Å². The van der Waals surface area contributed by atoms with Gasteiger partial charge < -0.3 is 5.32 Å². The largest absolute Gasteiger partial charge is 0.385 e. The van der Waals surface area contributed by atoms with Crippen molar-refractivity contribution in [2.45, 2.75) is 91.0 Å². The molecule has 1 aromatic carbocycles. The first kappa shape index (κ1) is 19.3. The van der Waals surface area contributed by atoms with E-state index in [1.54, 1.807) is 5.56 Å². The third-order valence-electron chi connectivity index (χ3n) is 7.75. The summed E-state index contributed by atoms with van der Waals surface area (Å²) in [6, 6.07) is 7.25. The molecule has 1 saturated carbocycles. The van der Waals surface area contributed by atoms with Gasteiger partial charge in [-0.2, -0.15) is 0 Å². The highest BCUT2D eigenvalue weighted by molar-refractivity contribution is 5.56. The maximum atomic E-state index is 3.63. The van der Waals surface area contributed by atoms with E-state index in [1.165, 1.54) is 82.1 Å². The van der Waals surface area contributed by atoms with Crippen LogP contribution in [0.1, 0.15) is 95.6 Å². The molecule has 0 radical (unpaired) electrons. The van der Waals surface area contributed by atoms with E-state index in [1.807, 2.05) is 0 Å². The molecule has 0 bridgehead atoms. The zero-order chi connectivity index (χ0) is 18.9. The summed E-state index contributed by atoms with van der Waals surface area (Å²) in [7, 11) is 0. The molecule has 2 nitrogen and oxygen atoms in total. The van der Waals surface area contributed by atoms with Crippen molar-refractivity contribution < 1.29 is 0 Å². The highest BCUT2D eigenvalue weighted by Crippen LogP contribution is 2.45. The van der Waals surface area contributed by atoms with Crippen LogP contribution in [0.25, 0.3) is 0 Å². The third-order valence-corrected chi connectivity index (χ3v) is 7.75. The van der Waals surface area contributed by atoms with Gasteiger partial charge in [-0.1, -0.05) is 52.2 Å². The van der Waals surface area contributed by atoms with Crippen molar-refractivity contribution in [3.8, 4) is 0 Å². The molecule has 1 aromatic rings. The molecular weight excluding hydrogens is 328 g/mol. The maximum absolute atomic E-state index is 3.63. The highest BCUT2D eigenvalue weighted by Gasteiger charge is 2.34. The monoisotopic (exact) mass is 368 g/mol. The van der Waals surface area contributed by atoms with Gasteiger partial charge in [0.1, 0.15) is 0 Å². The number of nitrogens with one attached hydrogen (secondary N) is 1. The first-order valence-electron chi connectivity index (χ1n) is 11.5. The normalized spacial score (nSPS) is 26.3. The number of nitrogens with zero attached hydrogens (tertiary/aromatic N) is 1. The van der Waals surface area contributed by atoms with Crippen molar-refractivity contribution in [2.75, 3.05) is 25.0 Å². The van der Waals surface area contributed by atoms with Gasteiger partial charge in [-0.15, -0.1) is 0 Å². The maximum Gasteiger partial charge on any atom is 0.0375 e. The molecular formula is C25H40N2. The van der Waals surface area contributed by atoms with Crippen LogP contribution in [-0.4, -0.2) is 24.5 Å². The lowest BCUT2D eigenvalue weighted by Crippen LogP contribution is -2.29. The van der Waals surface area contributed by atoms with Gasteiger partial charge in [0.25, 0.3) is 0 Å². The van der Waals surface area contributed by atoms with Crippen molar-refractivity contribution in [3.05, 3.63) is 29.3 Å². The minimum Gasteiger partial charge on any atom is -0.385 e. The second kappa shape index (κ2) is 7.78. The fourth-order valence-electron chi connectivity index (χ4n) is 6.09. The second-order valence-corrected chi connectivity index (χ2v) is 10.7. The molecule has 150 valence electrons. The Morgan fingerprint density at radius 2 is 1.78 bits per heavy atom. The Bertz CT molecular complexity index is 636. The predicted octanol–water partition coefficient (Wildman–Crippen LogP) is 6.57. The number of hydrogen-bond donors (Lipinski definition) is 1. The lowest BCUT2D eigenvalue weighted by atomic mass is 9.69. The molecule has 1 saturated heterocycles. The molecule has 4 rings (SSSR count). The SMILES string of the molecule is CC(C)(C)C1CCNc2ccc(CN3CCCC4(CCCCC4)CC3)cc21. The van der Waals surface area contributed by atoms with E-state index in [-0.39, 0.29) is 0 Å². The summed E-state index contributed by atoms with van der Waals surface area (Å²) in [5, 5.41) is 3.63. The number of rotatable bonds is 2. The number of hydrogen-bond acceptors (Lipinski definition) is 2. The van der Waals surface area contributed by atoms with Crippen LogP contribution in [0.2, 0.25) is 0 Å². The van der Waals surface area contributed by atoms with Crippen LogP contribution in [0.5, 0.6) is 0 Å². The predicted molar refractivity (Wildman–Crippen MR) is 116 cm³/mol. The van der Waals surface area contributed by atoms with Crippen LogP contribution in [0.15, 0.2) is 18.2 Å². The van der Waals surface area contributed by atoms with Crippen molar-refractivity contribution in [3.63, 3.8) is 0 Å². The average molecular weight is 369 g/mol. The summed E-state index contributed by atoms with van der Waals surface area (Å²) < 4.78 is 0. The molecule has 3 aliphatic rings. The van der Waals surface area contributed by atoms with Gasteiger partial charge in [0.05, 0.1) is 0 Å². The Labute approximate surface area is 167 Å². The van der Waals surface area contributed by atoms with E-state index >= 15 is 0 Å². The van der Waals surface area contributed by atoms with Crippen LogP contribution in [0.3, 0.4) is 0 Å². The molecule has 1 N–H and O–H groups in total. The summed E-state index contributed by atoms with van der Waals surface area (Å²) in [5.41, 5.74) is 5.49. The Balaban J connectivity index is 1.45. The topological polar surface area (TPSA) is 15.3 Å². The van der Waals surface area contributed by atoms with Gasteiger partial charge in [-0.3, -0.25) is 4.90 Å². The first-order valence-corrected chi connectivity index (χ1v) is 11.5. The van der Waals surface area contributed by atoms with E-state index in [4.69, 9.17) is 0 Å². The van der Waals surface area contributed by atoms with Crippen molar-refractivity contribution in [1.29, 1.82) is 0 Å². The van der Waals surface area contributed by atoms with E-state index < -0.39 is 0 Å². The zero-order valence-electron chi connectivity index (χ0n) is 17.9. The molecule has 0 amide bonds. The lowest BCUT2D eigenvalue weighted by molar-refractivity contribution is 0.157. The van der Waals surface area contributed by atoms with Crippen LogP contribution in [0, 0.1) is 10.8 Å². The molecule has 1 unspecified atom stereocenters. The van der Waals surface area contributed by atoms with Crippen LogP contribution >= 0.6 is 0 Å². The van der Waals surface area contributed by atoms with Crippen molar-refractivity contribution in [1.82, 2.24) is 4.90 Å². The highest BCUT2D eigenvalue weighted by atomic mass is 15.1. The molecule has 2 fully saturated rings. The van der Waals surface area contributed by atoms with E-state index in [9.17, 15) is 0 Å². The van der Waals surface area contributed by atoms with E-state index in [0.717, 1.165) is 13.1 Å². The van der Waals surface area contributed by atoms with E-state index in [2.05, 4.69) is 49.2 Å². The standard InChI is InChI=1S/C25H40N2/c1-24(2,3)22-10-15-26-23-9-8-20(18-21(22)23)19-27-16-7-13-25(14-17-27)11-5-4-6-12-25/h8-9,18,22,26H,4-7,10-17,19H2,1-3H3. The Hall–Kier alpha value is -1.02. The molecule has 1 aliphatic carbocycles.